The Balaban J connectivity index is 1.58. The Kier molecular flexibility index (Phi) is 10.8. The molecule has 13 heteroatoms. The topological polar surface area (TPSA) is 179 Å². The van der Waals surface area contributed by atoms with Gasteiger partial charge < -0.3 is 33.2 Å². The third kappa shape index (κ3) is 8.68. The van der Waals surface area contributed by atoms with Crippen molar-refractivity contribution in [3.63, 3.8) is 0 Å². The average molecular weight is 612 g/mol. The van der Waals surface area contributed by atoms with Gasteiger partial charge in [-0.05, 0) is 105 Å². The first kappa shape index (κ1) is 32.7. The maximum atomic E-state index is 13.7. The third-order valence-electron chi connectivity index (χ3n) is 7.31. The van der Waals surface area contributed by atoms with Gasteiger partial charge in [0.05, 0.1) is 11.3 Å². The van der Waals surface area contributed by atoms with Gasteiger partial charge in [0, 0.05) is 35.9 Å². The van der Waals surface area contributed by atoms with E-state index in [0.29, 0.717) is 78.9 Å². The van der Waals surface area contributed by atoms with E-state index in [-0.39, 0.29) is 18.0 Å². The molecule has 4 aromatic rings. The first-order valence-corrected chi connectivity index (χ1v) is 14.6. The smallest absolute Gasteiger partial charge is 0.370 e. The first-order chi connectivity index (χ1) is 20.9. The lowest BCUT2D eigenvalue weighted by atomic mass is 9.99. The molecule has 0 saturated heterocycles. The maximum Gasteiger partial charge on any atom is 0.416 e. The Morgan fingerprint density at radius 2 is 1.84 bits per heavy atom. The molecule has 2 heterocycles. The van der Waals surface area contributed by atoms with Gasteiger partial charge in [-0.3, -0.25) is 9.56 Å². The lowest BCUT2D eigenvalue weighted by Gasteiger charge is -2.19. The van der Waals surface area contributed by atoms with Crippen LogP contribution in [0.25, 0.3) is 28.0 Å². The second-order valence-corrected chi connectivity index (χ2v) is 11.0. The van der Waals surface area contributed by atoms with E-state index in [0.717, 1.165) is 18.1 Å². The molecule has 2 aromatic heterocycles. The molecular formula is C31H40F3N9O. The highest BCUT2D eigenvalue weighted by Gasteiger charge is 2.31. The molecule has 0 bridgehead atoms. The summed E-state index contributed by atoms with van der Waals surface area (Å²) in [5.41, 5.74) is 24.4. The number of aryl methyl sites for hydroxylation is 1. The SMILES string of the molecule is C[C@H](N)CCCc1cc(-c2cc3cn(-c4ccc([C@@H](CCN)NCCCN=C(N)N)cc4)c(=O)nc3[nH]2)cc(C(F)(F)F)c1. The van der Waals surface area contributed by atoms with Crippen LogP contribution in [-0.4, -0.2) is 46.2 Å². The number of nitrogens with two attached hydrogens (primary N) is 4. The third-order valence-corrected chi connectivity index (χ3v) is 7.31. The van der Waals surface area contributed by atoms with E-state index in [1.165, 1.54) is 10.6 Å². The molecule has 0 amide bonds. The molecule has 10 nitrogen and oxygen atoms in total. The first-order valence-electron chi connectivity index (χ1n) is 14.6. The summed E-state index contributed by atoms with van der Waals surface area (Å²) in [5, 5.41) is 4.05. The fourth-order valence-corrected chi connectivity index (χ4v) is 5.10. The summed E-state index contributed by atoms with van der Waals surface area (Å²) in [5.74, 6) is 0.0615. The highest BCUT2D eigenvalue weighted by atomic mass is 19.4. The fourth-order valence-electron chi connectivity index (χ4n) is 5.10. The van der Waals surface area contributed by atoms with E-state index in [2.05, 4.69) is 20.3 Å². The van der Waals surface area contributed by atoms with Crippen LogP contribution in [0, 0.1) is 0 Å². The van der Waals surface area contributed by atoms with Crippen LogP contribution >= 0.6 is 0 Å². The molecule has 2 atom stereocenters. The zero-order valence-electron chi connectivity index (χ0n) is 24.7. The van der Waals surface area contributed by atoms with Crippen LogP contribution < -0.4 is 33.9 Å². The van der Waals surface area contributed by atoms with E-state index in [1.807, 2.05) is 31.2 Å². The molecule has 44 heavy (non-hydrogen) atoms. The van der Waals surface area contributed by atoms with Crippen LogP contribution in [0.1, 0.15) is 55.3 Å². The molecule has 0 aliphatic carbocycles. The molecular weight excluding hydrogens is 571 g/mol. The minimum atomic E-state index is -4.50. The zero-order valence-corrected chi connectivity index (χ0v) is 24.7. The number of rotatable bonds is 14. The maximum absolute atomic E-state index is 13.7. The van der Waals surface area contributed by atoms with Crippen LogP contribution in [0.5, 0.6) is 0 Å². The summed E-state index contributed by atoms with van der Waals surface area (Å²) in [4.78, 5) is 24.2. The molecule has 10 N–H and O–H groups in total. The van der Waals surface area contributed by atoms with Crippen LogP contribution in [-0.2, 0) is 12.6 Å². The van der Waals surface area contributed by atoms with E-state index in [1.54, 1.807) is 18.3 Å². The van der Waals surface area contributed by atoms with Crippen molar-refractivity contribution in [3.05, 3.63) is 81.9 Å². The summed E-state index contributed by atoms with van der Waals surface area (Å²) in [7, 11) is 0. The van der Waals surface area contributed by atoms with E-state index < -0.39 is 17.4 Å². The lowest BCUT2D eigenvalue weighted by Crippen LogP contribution is -2.26. The van der Waals surface area contributed by atoms with Crippen molar-refractivity contribution in [2.24, 2.45) is 27.9 Å². The van der Waals surface area contributed by atoms with Crippen LogP contribution in [0.2, 0.25) is 0 Å². The summed E-state index contributed by atoms with van der Waals surface area (Å²) in [6, 6.07) is 13.2. The van der Waals surface area contributed by atoms with Crippen molar-refractivity contribution < 1.29 is 13.2 Å². The number of hydrogen-bond donors (Lipinski definition) is 6. The number of H-pyrrole nitrogens is 1. The molecule has 0 aliphatic heterocycles. The number of halogens is 3. The zero-order chi connectivity index (χ0) is 31.9. The van der Waals surface area contributed by atoms with Gasteiger partial charge in [0.2, 0.25) is 0 Å². The Morgan fingerprint density at radius 1 is 1.09 bits per heavy atom. The number of aromatic amines is 1. The molecule has 236 valence electrons. The molecule has 0 unspecified atom stereocenters. The molecule has 4 rings (SSSR count). The van der Waals surface area contributed by atoms with Crippen molar-refractivity contribution >= 4 is 17.0 Å². The van der Waals surface area contributed by atoms with E-state index in [4.69, 9.17) is 22.9 Å². The quantitative estimate of drug-likeness (QED) is 0.0714. The lowest BCUT2D eigenvalue weighted by molar-refractivity contribution is -0.137. The second-order valence-electron chi connectivity index (χ2n) is 11.0. The van der Waals surface area contributed by atoms with E-state index in [9.17, 15) is 18.0 Å². The molecule has 0 spiro atoms. The number of fused-ring (bicyclic) bond motifs is 1. The van der Waals surface area contributed by atoms with Gasteiger partial charge >= 0.3 is 11.9 Å². The van der Waals surface area contributed by atoms with Crippen LogP contribution in [0.15, 0.2) is 64.5 Å². The van der Waals surface area contributed by atoms with Crippen molar-refractivity contribution in [1.29, 1.82) is 0 Å². The average Bonchev–Trinajstić information content (AvgIpc) is 3.38. The predicted octanol–water partition coefficient (Wildman–Crippen LogP) is 3.71. The van der Waals surface area contributed by atoms with Gasteiger partial charge in [-0.1, -0.05) is 12.1 Å². The Labute approximate surface area is 253 Å². The predicted molar refractivity (Wildman–Crippen MR) is 168 cm³/mol. The van der Waals surface area contributed by atoms with Crippen LogP contribution in [0.3, 0.4) is 0 Å². The highest BCUT2D eigenvalue weighted by Crippen LogP contribution is 2.34. The summed E-state index contributed by atoms with van der Waals surface area (Å²) < 4.78 is 42.6. The van der Waals surface area contributed by atoms with Crippen molar-refractivity contribution in [2.45, 2.75) is 57.3 Å². The Morgan fingerprint density at radius 3 is 2.50 bits per heavy atom. The number of guanidine groups is 1. The molecule has 0 aliphatic rings. The Bertz CT molecular complexity index is 1620. The summed E-state index contributed by atoms with van der Waals surface area (Å²) in [6.45, 7) is 3.57. The number of aromatic nitrogens is 3. The second kappa shape index (κ2) is 14.5. The number of alkyl halides is 3. The van der Waals surface area contributed by atoms with Gasteiger partial charge in [-0.2, -0.15) is 18.2 Å². The molecule has 2 aromatic carbocycles. The minimum absolute atomic E-state index is 0.00821. The van der Waals surface area contributed by atoms with Crippen molar-refractivity contribution in [3.8, 4) is 16.9 Å². The molecule has 0 radical (unpaired) electrons. The van der Waals surface area contributed by atoms with Gasteiger partial charge in [-0.25, -0.2) is 4.79 Å². The minimum Gasteiger partial charge on any atom is -0.370 e. The molecule has 0 saturated carbocycles. The van der Waals surface area contributed by atoms with Gasteiger partial charge in [0.25, 0.3) is 0 Å². The standard InChI is InChI=1S/C31H40F3N9O/c1-19(36)4-2-5-20-14-22(16-24(15-20)31(32,33)34)27-17-23-18-43(30(44)42-28(23)41-27)25-8-6-21(7-9-25)26(10-11-35)39-12-3-13-40-29(37)38/h6-9,14-19,26,39H,2-5,10-13,35-36H2,1H3,(H4,37,38,40)(H,41,42,44)/t19-,26+/m0/s1. The monoisotopic (exact) mass is 611 g/mol. The number of hydrogen-bond acceptors (Lipinski definition) is 6. The van der Waals surface area contributed by atoms with Crippen molar-refractivity contribution in [1.82, 2.24) is 19.9 Å². The summed E-state index contributed by atoms with van der Waals surface area (Å²) >= 11 is 0. The number of nitrogens with zero attached hydrogens (tertiary/aromatic N) is 3. The largest absolute Gasteiger partial charge is 0.416 e. The van der Waals surface area contributed by atoms with Crippen molar-refractivity contribution in [2.75, 3.05) is 19.6 Å². The van der Waals surface area contributed by atoms with Gasteiger partial charge in [0.1, 0.15) is 5.65 Å². The number of aliphatic imine (C=N–C) groups is 1. The summed E-state index contributed by atoms with van der Waals surface area (Å²) in [6.07, 6.45) is 0.456. The van der Waals surface area contributed by atoms with E-state index >= 15 is 0 Å². The molecule has 0 fully saturated rings. The van der Waals surface area contributed by atoms with Gasteiger partial charge in [-0.15, -0.1) is 0 Å². The highest BCUT2D eigenvalue weighted by molar-refractivity contribution is 5.83. The number of benzene rings is 2. The normalized spacial score (nSPS) is 13.2. The van der Waals surface area contributed by atoms with Crippen LogP contribution in [0.4, 0.5) is 13.2 Å². The fraction of sp³-hybridized carbons (Fsp3) is 0.387. The van der Waals surface area contributed by atoms with Gasteiger partial charge in [0.15, 0.2) is 5.96 Å². The number of nitrogens with one attached hydrogen (secondary N) is 2. The Hall–Kier alpha value is -4.20.